The van der Waals surface area contributed by atoms with Gasteiger partial charge in [-0.1, -0.05) is 30.7 Å². The first kappa shape index (κ1) is 18.2. The van der Waals surface area contributed by atoms with Crippen LogP contribution in [0.2, 0.25) is 5.02 Å². The monoisotopic (exact) mass is 332 g/mol. The van der Waals surface area contributed by atoms with Gasteiger partial charge in [0.05, 0.1) is 19.1 Å². The van der Waals surface area contributed by atoms with Crippen molar-refractivity contribution in [2.45, 2.75) is 26.0 Å². The summed E-state index contributed by atoms with van der Waals surface area (Å²) in [6.07, 6.45) is -0.0924. The average molecular weight is 333 g/mol. The predicted molar refractivity (Wildman–Crippen MR) is 86.8 cm³/mol. The molecule has 0 aromatic heterocycles. The van der Waals surface area contributed by atoms with Gasteiger partial charge in [0.2, 0.25) is 5.91 Å². The molecule has 1 aromatic carbocycles. The van der Waals surface area contributed by atoms with Crippen LogP contribution in [-0.2, 0) is 9.53 Å². The van der Waals surface area contributed by atoms with Crippen molar-refractivity contribution < 1.29 is 9.53 Å². The summed E-state index contributed by atoms with van der Waals surface area (Å²) in [6, 6.07) is 7.42. The highest BCUT2D eigenvalue weighted by Crippen LogP contribution is 2.24. The van der Waals surface area contributed by atoms with Gasteiger partial charge < -0.3 is 15.4 Å². The summed E-state index contributed by atoms with van der Waals surface area (Å²) in [5.41, 5.74) is 6.85. The van der Waals surface area contributed by atoms with E-state index in [0.29, 0.717) is 24.7 Å². The largest absolute Gasteiger partial charge is 0.370 e. The Bertz CT molecular complexity index is 465. The highest BCUT2D eigenvalue weighted by atomic mass is 35.5. The zero-order valence-corrected chi connectivity index (χ0v) is 13.9. The molecule has 1 amide bonds. The molecule has 4 nitrogen and oxygen atoms in total. The molecule has 0 spiro atoms. The van der Waals surface area contributed by atoms with Crippen LogP contribution < -0.4 is 5.73 Å². The molecule has 2 N–H and O–H groups in total. The quantitative estimate of drug-likeness (QED) is 0.925. The van der Waals surface area contributed by atoms with Gasteiger partial charge in [-0.3, -0.25) is 4.79 Å². The lowest BCUT2D eigenvalue weighted by molar-refractivity contribution is -0.143. The van der Waals surface area contributed by atoms with E-state index < -0.39 is 0 Å². The van der Waals surface area contributed by atoms with E-state index in [2.05, 4.69) is 0 Å². The van der Waals surface area contributed by atoms with E-state index in [1.165, 1.54) is 0 Å². The molecule has 1 saturated heterocycles. The van der Waals surface area contributed by atoms with Crippen LogP contribution in [0.4, 0.5) is 0 Å². The molecule has 0 radical (unpaired) electrons. The molecular formula is C15H22Cl2N2O2. The summed E-state index contributed by atoms with van der Waals surface area (Å²) in [6.45, 7) is 5.47. The van der Waals surface area contributed by atoms with Crippen molar-refractivity contribution in [3.63, 3.8) is 0 Å². The summed E-state index contributed by atoms with van der Waals surface area (Å²) in [7, 11) is 0. The van der Waals surface area contributed by atoms with E-state index >= 15 is 0 Å². The second kappa shape index (κ2) is 7.99. The molecule has 0 bridgehead atoms. The van der Waals surface area contributed by atoms with Crippen molar-refractivity contribution in [2.75, 3.05) is 19.7 Å². The smallest absolute Gasteiger partial charge is 0.227 e. The number of halogens is 2. The van der Waals surface area contributed by atoms with Gasteiger partial charge in [0.25, 0.3) is 0 Å². The van der Waals surface area contributed by atoms with Gasteiger partial charge in [0.15, 0.2) is 0 Å². The number of carbonyl (C=O) groups is 1. The van der Waals surface area contributed by atoms with Gasteiger partial charge >= 0.3 is 0 Å². The molecule has 118 valence electrons. The molecule has 0 aliphatic carbocycles. The van der Waals surface area contributed by atoms with Gasteiger partial charge in [-0.15, -0.1) is 12.4 Å². The second-order valence-electron chi connectivity index (χ2n) is 5.34. The number of benzene rings is 1. The molecule has 0 saturated carbocycles. The van der Waals surface area contributed by atoms with Crippen molar-refractivity contribution in [2.24, 2.45) is 11.7 Å². The summed E-state index contributed by atoms with van der Waals surface area (Å²) >= 11 is 5.89. The van der Waals surface area contributed by atoms with Crippen LogP contribution in [0, 0.1) is 5.92 Å². The third-order valence-corrected chi connectivity index (χ3v) is 4.05. The lowest BCUT2D eigenvalue weighted by Gasteiger charge is -2.35. The average Bonchev–Trinajstić information content (AvgIpc) is 2.46. The van der Waals surface area contributed by atoms with Crippen molar-refractivity contribution in [1.29, 1.82) is 0 Å². The Kier molecular flexibility index (Phi) is 6.94. The topological polar surface area (TPSA) is 55.6 Å². The Labute approximate surface area is 137 Å². The summed E-state index contributed by atoms with van der Waals surface area (Å²) in [4.78, 5) is 14.2. The number of morpholine rings is 1. The van der Waals surface area contributed by atoms with Crippen LogP contribution >= 0.6 is 24.0 Å². The van der Waals surface area contributed by atoms with Gasteiger partial charge in [-0.25, -0.2) is 0 Å². The zero-order chi connectivity index (χ0) is 14.7. The molecule has 2 rings (SSSR count). The fourth-order valence-electron chi connectivity index (χ4n) is 2.24. The molecule has 21 heavy (non-hydrogen) atoms. The Morgan fingerprint density at radius 1 is 1.38 bits per heavy atom. The molecule has 1 aliphatic heterocycles. The number of hydrogen-bond acceptors (Lipinski definition) is 3. The molecule has 1 aromatic rings. The minimum atomic E-state index is -0.168. The first-order chi connectivity index (χ1) is 9.49. The third-order valence-electron chi connectivity index (χ3n) is 3.80. The maximum Gasteiger partial charge on any atom is 0.227 e. The number of amides is 1. The Hall–Kier alpha value is -0.810. The normalized spacial score (nSPS) is 21.3. The van der Waals surface area contributed by atoms with Crippen LogP contribution in [0.1, 0.15) is 25.5 Å². The Morgan fingerprint density at radius 2 is 2.00 bits per heavy atom. The van der Waals surface area contributed by atoms with Crippen LogP contribution in [-0.4, -0.2) is 36.5 Å². The fraction of sp³-hybridized carbons (Fsp3) is 0.533. The van der Waals surface area contributed by atoms with E-state index in [1.807, 2.05) is 43.0 Å². The molecular weight excluding hydrogens is 311 g/mol. The highest BCUT2D eigenvalue weighted by molar-refractivity contribution is 6.30. The first-order valence-corrected chi connectivity index (χ1v) is 7.28. The number of nitrogens with zero attached hydrogens (tertiary/aromatic N) is 1. The Morgan fingerprint density at radius 3 is 2.57 bits per heavy atom. The van der Waals surface area contributed by atoms with Crippen molar-refractivity contribution in [3.05, 3.63) is 34.9 Å². The van der Waals surface area contributed by atoms with Crippen LogP contribution in [0.25, 0.3) is 0 Å². The summed E-state index contributed by atoms with van der Waals surface area (Å²) in [5, 5.41) is 0.697. The zero-order valence-electron chi connectivity index (χ0n) is 12.3. The van der Waals surface area contributed by atoms with E-state index in [4.69, 9.17) is 22.1 Å². The first-order valence-electron chi connectivity index (χ1n) is 6.90. The SMILES string of the molecule is CC(N)C(C)C(=O)N1CCOC(c2ccc(Cl)cc2)C1.Cl. The molecule has 3 atom stereocenters. The molecule has 6 heteroatoms. The Balaban J connectivity index is 0.00000220. The van der Waals surface area contributed by atoms with E-state index in [1.54, 1.807) is 0 Å². The fourth-order valence-corrected chi connectivity index (χ4v) is 2.37. The minimum Gasteiger partial charge on any atom is -0.370 e. The second-order valence-corrected chi connectivity index (χ2v) is 5.78. The minimum absolute atomic E-state index is 0. The van der Waals surface area contributed by atoms with Gasteiger partial charge in [-0.2, -0.15) is 0 Å². The number of hydrogen-bond donors (Lipinski definition) is 1. The number of nitrogens with two attached hydrogens (primary N) is 1. The van der Waals surface area contributed by atoms with Crippen molar-refractivity contribution in [3.8, 4) is 0 Å². The van der Waals surface area contributed by atoms with Crippen LogP contribution in [0.15, 0.2) is 24.3 Å². The van der Waals surface area contributed by atoms with Crippen molar-refractivity contribution >= 4 is 29.9 Å². The number of rotatable bonds is 3. The number of carbonyl (C=O) groups excluding carboxylic acids is 1. The lowest BCUT2D eigenvalue weighted by Crippen LogP contribution is -2.47. The van der Waals surface area contributed by atoms with Crippen LogP contribution in [0.3, 0.4) is 0 Å². The third kappa shape index (κ3) is 4.58. The van der Waals surface area contributed by atoms with E-state index in [9.17, 15) is 4.79 Å². The lowest BCUT2D eigenvalue weighted by atomic mass is 10.0. The van der Waals surface area contributed by atoms with Gasteiger partial charge in [0.1, 0.15) is 6.10 Å². The van der Waals surface area contributed by atoms with E-state index in [0.717, 1.165) is 5.56 Å². The predicted octanol–water partition coefficient (Wildman–Crippen LogP) is 2.65. The maximum atomic E-state index is 12.3. The number of ether oxygens (including phenoxy) is 1. The van der Waals surface area contributed by atoms with E-state index in [-0.39, 0.29) is 36.4 Å². The van der Waals surface area contributed by atoms with Crippen LogP contribution in [0.5, 0.6) is 0 Å². The highest BCUT2D eigenvalue weighted by Gasteiger charge is 2.29. The summed E-state index contributed by atoms with van der Waals surface area (Å²) < 4.78 is 5.76. The standard InChI is InChI=1S/C15H21ClN2O2.ClH/c1-10(11(2)17)15(19)18-7-8-20-14(9-18)12-3-5-13(16)6-4-12;/h3-6,10-11,14H,7-9,17H2,1-2H3;1H. The van der Waals surface area contributed by atoms with Crippen molar-refractivity contribution in [1.82, 2.24) is 4.90 Å². The molecule has 1 heterocycles. The summed E-state index contributed by atoms with van der Waals surface area (Å²) in [5.74, 6) is -0.0683. The maximum absolute atomic E-state index is 12.3. The van der Waals surface area contributed by atoms with Gasteiger partial charge in [-0.05, 0) is 24.6 Å². The molecule has 1 aliphatic rings. The molecule has 3 unspecified atom stereocenters. The molecule has 1 fully saturated rings. The van der Waals surface area contributed by atoms with Gasteiger partial charge in [0, 0.05) is 17.6 Å².